The number of hydrogen-bond acceptors (Lipinski definition) is 8. The lowest BCUT2D eigenvalue weighted by Gasteiger charge is -2.32. The molecule has 1 N–H and O–H groups in total. The highest BCUT2D eigenvalue weighted by Crippen LogP contribution is 2.42. The molecule has 9 nitrogen and oxygen atoms in total. The van der Waals surface area contributed by atoms with E-state index < -0.39 is 21.5 Å². The van der Waals surface area contributed by atoms with Gasteiger partial charge in [-0.1, -0.05) is 6.92 Å². The number of ether oxygens (including phenoxy) is 1. The molecule has 2 heterocycles. The monoisotopic (exact) mass is 485 g/mol. The number of azo groups is 1. The van der Waals surface area contributed by atoms with Gasteiger partial charge in [-0.3, -0.25) is 4.72 Å². The van der Waals surface area contributed by atoms with Crippen molar-refractivity contribution in [2.45, 2.75) is 31.7 Å². The molecule has 1 aromatic carbocycles. The highest BCUT2D eigenvalue weighted by Gasteiger charge is 2.46. The van der Waals surface area contributed by atoms with Crippen molar-refractivity contribution in [1.82, 2.24) is 4.98 Å². The summed E-state index contributed by atoms with van der Waals surface area (Å²) in [6.45, 7) is 4.48. The molecule has 0 aliphatic carbocycles. The van der Waals surface area contributed by atoms with Crippen LogP contribution >= 0.6 is 0 Å². The zero-order valence-corrected chi connectivity index (χ0v) is 18.9. The second kappa shape index (κ2) is 9.33. The summed E-state index contributed by atoms with van der Waals surface area (Å²) in [4.78, 5) is 17.5. The van der Waals surface area contributed by atoms with Gasteiger partial charge in [-0.05, 0) is 49.1 Å². The van der Waals surface area contributed by atoms with Crippen molar-refractivity contribution >= 4 is 38.9 Å². The summed E-state index contributed by atoms with van der Waals surface area (Å²) in [6.07, 6.45) is 2.04. The molecular formula is C20H22F3N5O4S. The fraction of sp³-hybridized carbons (Fsp3) is 0.400. The summed E-state index contributed by atoms with van der Waals surface area (Å²) in [7, 11) is -3.90. The zero-order valence-electron chi connectivity index (χ0n) is 18.0. The van der Waals surface area contributed by atoms with Gasteiger partial charge in [-0.25, -0.2) is 9.78 Å². The normalized spacial score (nSPS) is 16.5. The third kappa shape index (κ3) is 5.41. The minimum absolute atomic E-state index is 0.0653. The van der Waals surface area contributed by atoms with Crippen molar-refractivity contribution in [1.29, 1.82) is 0 Å². The molecule has 1 aromatic heterocycles. The first-order valence-electron chi connectivity index (χ1n) is 9.96. The van der Waals surface area contributed by atoms with E-state index in [-0.39, 0.29) is 35.3 Å². The van der Waals surface area contributed by atoms with Gasteiger partial charge in [0.25, 0.3) is 0 Å². The van der Waals surface area contributed by atoms with Gasteiger partial charge < -0.3 is 9.64 Å². The molecule has 3 rings (SSSR count). The number of nitrogens with zero attached hydrogens (tertiary/aromatic N) is 4. The number of carbonyl (C=O) groups excluding carboxylic acids is 1. The number of rotatable bonds is 6. The van der Waals surface area contributed by atoms with Crippen LogP contribution in [0.4, 0.5) is 36.1 Å². The average molecular weight is 485 g/mol. The number of benzene rings is 1. The number of anilines is 2. The van der Waals surface area contributed by atoms with Crippen LogP contribution in [0.2, 0.25) is 0 Å². The van der Waals surface area contributed by atoms with Gasteiger partial charge in [0, 0.05) is 25.5 Å². The van der Waals surface area contributed by atoms with E-state index in [0.717, 1.165) is 12.0 Å². The van der Waals surface area contributed by atoms with Crippen LogP contribution in [0.1, 0.15) is 42.1 Å². The minimum Gasteiger partial charge on any atom is -0.462 e. The molecule has 1 unspecified atom stereocenters. The van der Waals surface area contributed by atoms with Crippen LogP contribution < -0.4 is 9.62 Å². The van der Waals surface area contributed by atoms with E-state index in [1.54, 1.807) is 18.7 Å². The highest BCUT2D eigenvalue weighted by atomic mass is 32.2. The third-order valence-corrected chi connectivity index (χ3v) is 6.15. The summed E-state index contributed by atoms with van der Waals surface area (Å²) in [5.74, 6) is -0.416. The number of hydrogen-bond donors (Lipinski definition) is 1. The standard InChI is InChI=1S/C20H22F3N5O4S/c1-4-32-19(29)13-5-6-18(24-11-13)26-25-15-9-14-12(2)7-8-28(3)17(14)10-16(15)27-33(30,31)20(21,22)23/h5-6,9-12,27H,4,7-8H2,1-3H3. The number of carbonyl (C=O) groups is 1. The van der Waals surface area contributed by atoms with Crippen LogP contribution in [-0.4, -0.2) is 45.1 Å². The molecule has 0 bridgehead atoms. The Bertz CT molecular complexity index is 1170. The molecule has 1 aliphatic heterocycles. The van der Waals surface area contributed by atoms with Gasteiger partial charge in [0.15, 0.2) is 5.82 Å². The molecule has 0 saturated heterocycles. The van der Waals surface area contributed by atoms with E-state index in [4.69, 9.17) is 4.74 Å². The predicted octanol–water partition coefficient (Wildman–Crippen LogP) is 4.88. The van der Waals surface area contributed by atoms with Crippen LogP contribution in [0.25, 0.3) is 0 Å². The molecule has 0 spiro atoms. The average Bonchev–Trinajstić information content (AvgIpc) is 2.74. The molecule has 1 atom stereocenters. The maximum atomic E-state index is 13.0. The van der Waals surface area contributed by atoms with E-state index in [9.17, 15) is 26.4 Å². The van der Waals surface area contributed by atoms with Gasteiger partial charge in [0.05, 0.1) is 17.9 Å². The molecular weight excluding hydrogens is 463 g/mol. The van der Waals surface area contributed by atoms with Gasteiger partial charge in [-0.2, -0.15) is 21.6 Å². The van der Waals surface area contributed by atoms with Crippen molar-refractivity contribution < 1.29 is 31.1 Å². The van der Waals surface area contributed by atoms with E-state index in [0.29, 0.717) is 12.2 Å². The maximum Gasteiger partial charge on any atom is 0.516 e. The number of sulfonamides is 1. The molecule has 0 amide bonds. The van der Waals surface area contributed by atoms with Gasteiger partial charge >= 0.3 is 21.5 Å². The number of alkyl halides is 3. The van der Waals surface area contributed by atoms with Crippen molar-refractivity contribution in [3.63, 3.8) is 0 Å². The number of aromatic nitrogens is 1. The maximum absolute atomic E-state index is 13.0. The quantitative estimate of drug-likeness (QED) is 0.461. The summed E-state index contributed by atoms with van der Waals surface area (Å²) in [6, 6.07) is 5.63. The lowest BCUT2D eigenvalue weighted by Crippen LogP contribution is -2.30. The van der Waals surface area contributed by atoms with Gasteiger partial charge in [-0.15, -0.1) is 10.2 Å². The van der Waals surface area contributed by atoms with Crippen molar-refractivity contribution in [3.8, 4) is 0 Å². The molecule has 2 aromatic rings. The van der Waals surface area contributed by atoms with Crippen LogP contribution in [0.3, 0.4) is 0 Å². The summed E-state index contributed by atoms with van der Waals surface area (Å²) in [5, 5.41) is 7.86. The van der Waals surface area contributed by atoms with Gasteiger partial charge in [0.2, 0.25) is 0 Å². The van der Waals surface area contributed by atoms with E-state index in [2.05, 4.69) is 15.2 Å². The summed E-state index contributed by atoms with van der Waals surface area (Å²) in [5.41, 5.74) is -4.36. The number of nitrogens with one attached hydrogen (secondary N) is 1. The SMILES string of the molecule is CCOC(=O)c1ccc(N=Nc2cc3c(cc2NS(=O)(=O)C(F)(F)F)N(C)CCC3C)nc1. The van der Waals surface area contributed by atoms with Crippen molar-refractivity contribution in [3.05, 3.63) is 41.6 Å². The van der Waals surface area contributed by atoms with Crippen molar-refractivity contribution in [2.75, 3.05) is 29.8 Å². The Labute approximate surface area is 188 Å². The third-order valence-electron chi connectivity index (χ3n) is 5.05. The topological polar surface area (TPSA) is 113 Å². The van der Waals surface area contributed by atoms with Crippen molar-refractivity contribution in [2.24, 2.45) is 10.2 Å². The largest absolute Gasteiger partial charge is 0.516 e. The Morgan fingerprint density at radius 3 is 2.64 bits per heavy atom. The first-order chi connectivity index (χ1) is 15.4. The highest BCUT2D eigenvalue weighted by molar-refractivity contribution is 7.93. The Morgan fingerprint density at radius 2 is 2.03 bits per heavy atom. The molecule has 13 heteroatoms. The second-order valence-electron chi connectivity index (χ2n) is 7.42. The second-order valence-corrected chi connectivity index (χ2v) is 9.09. The van der Waals surface area contributed by atoms with E-state index in [1.807, 2.05) is 11.8 Å². The molecule has 0 radical (unpaired) electrons. The lowest BCUT2D eigenvalue weighted by molar-refractivity contribution is -0.0429. The smallest absolute Gasteiger partial charge is 0.462 e. The fourth-order valence-corrected chi connectivity index (χ4v) is 3.80. The number of esters is 1. The van der Waals surface area contributed by atoms with Crippen LogP contribution in [-0.2, 0) is 14.8 Å². The van der Waals surface area contributed by atoms with Crippen LogP contribution in [0, 0.1) is 0 Å². The molecule has 0 saturated carbocycles. The zero-order chi connectivity index (χ0) is 24.4. The van der Waals surface area contributed by atoms with E-state index in [1.165, 1.54) is 30.5 Å². The lowest BCUT2D eigenvalue weighted by atomic mass is 9.91. The fourth-order valence-electron chi connectivity index (χ4n) is 3.23. The first kappa shape index (κ1) is 24.4. The number of fused-ring (bicyclic) bond motifs is 1. The molecule has 0 fully saturated rings. The Hall–Kier alpha value is -3.22. The predicted molar refractivity (Wildman–Crippen MR) is 116 cm³/mol. The molecule has 178 valence electrons. The Kier molecular flexibility index (Phi) is 6.91. The Balaban J connectivity index is 2.00. The Morgan fingerprint density at radius 1 is 1.30 bits per heavy atom. The van der Waals surface area contributed by atoms with Crippen LogP contribution in [0.15, 0.2) is 40.7 Å². The molecule has 33 heavy (non-hydrogen) atoms. The minimum atomic E-state index is -5.67. The van der Waals surface area contributed by atoms with E-state index >= 15 is 0 Å². The summed E-state index contributed by atoms with van der Waals surface area (Å²) < 4.78 is 68.8. The summed E-state index contributed by atoms with van der Waals surface area (Å²) >= 11 is 0. The molecule has 1 aliphatic rings. The number of halogens is 3. The van der Waals surface area contributed by atoms with Gasteiger partial charge in [0.1, 0.15) is 5.69 Å². The first-order valence-corrected chi connectivity index (χ1v) is 11.4. The number of pyridine rings is 1. The van der Waals surface area contributed by atoms with Crippen LogP contribution in [0.5, 0.6) is 0 Å².